The highest BCUT2D eigenvalue weighted by atomic mass is 16.5. The highest BCUT2D eigenvalue weighted by molar-refractivity contribution is 6.26. The zero-order chi connectivity index (χ0) is 32.8. The largest absolute Gasteiger partial charge is 0.456 e. The summed E-state index contributed by atoms with van der Waals surface area (Å²) in [6.45, 7) is 0. The lowest BCUT2D eigenvalue weighted by Gasteiger charge is -2.22. The number of nitrogens with zero attached hydrogens (tertiary/aromatic N) is 1. The molecule has 0 amide bonds. The summed E-state index contributed by atoms with van der Waals surface area (Å²) in [6, 6.07) is 63.8. The number of rotatable bonds is 3. The van der Waals surface area contributed by atoms with Crippen molar-refractivity contribution in [3.8, 4) is 50.6 Å². The van der Waals surface area contributed by atoms with Crippen molar-refractivity contribution < 1.29 is 4.74 Å². The molecule has 0 bridgehead atoms. The minimum absolute atomic E-state index is 0.900. The van der Waals surface area contributed by atoms with E-state index in [1.807, 2.05) is 0 Å². The predicted octanol–water partition coefficient (Wildman–Crippen LogP) is 13.3. The van der Waals surface area contributed by atoms with Gasteiger partial charge in [-0.05, 0) is 91.8 Å². The molecule has 0 aliphatic carbocycles. The SMILES string of the molecule is c1cc(-c2ccc(-n3c4ccc5ccccc5c4c4ccc5ccccc5c43)cc2)cc(-c2ccc3c(c2)-c2cccc4cccc(c24)O3)c1. The molecule has 1 aromatic heterocycles. The van der Waals surface area contributed by atoms with Gasteiger partial charge in [0.15, 0.2) is 0 Å². The lowest BCUT2D eigenvalue weighted by Crippen LogP contribution is -1.97. The minimum atomic E-state index is 0.900. The monoisotopic (exact) mass is 635 g/mol. The van der Waals surface area contributed by atoms with Crippen LogP contribution >= 0.6 is 0 Å². The summed E-state index contributed by atoms with van der Waals surface area (Å²) in [4.78, 5) is 0. The molecule has 0 radical (unpaired) electrons. The van der Waals surface area contributed by atoms with Gasteiger partial charge in [-0.3, -0.25) is 0 Å². The average molecular weight is 636 g/mol. The van der Waals surface area contributed by atoms with Gasteiger partial charge >= 0.3 is 0 Å². The molecule has 2 heteroatoms. The molecule has 50 heavy (non-hydrogen) atoms. The van der Waals surface area contributed by atoms with E-state index in [4.69, 9.17) is 4.74 Å². The van der Waals surface area contributed by atoms with Crippen LogP contribution in [0.2, 0.25) is 0 Å². The van der Waals surface area contributed by atoms with Crippen LogP contribution in [0.15, 0.2) is 176 Å². The van der Waals surface area contributed by atoms with E-state index < -0.39 is 0 Å². The van der Waals surface area contributed by atoms with Gasteiger partial charge in [-0.25, -0.2) is 0 Å². The maximum absolute atomic E-state index is 6.37. The fourth-order valence-corrected chi connectivity index (χ4v) is 8.24. The Morgan fingerprint density at radius 3 is 1.88 bits per heavy atom. The van der Waals surface area contributed by atoms with Crippen LogP contribution in [0.3, 0.4) is 0 Å². The van der Waals surface area contributed by atoms with Crippen molar-refractivity contribution >= 4 is 54.1 Å². The van der Waals surface area contributed by atoms with E-state index >= 15 is 0 Å². The Balaban J connectivity index is 1.03. The Kier molecular flexibility index (Phi) is 5.70. The molecule has 0 unspecified atom stereocenters. The number of benzene rings is 9. The van der Waals surface area contributed by atoms with Crippen LogP contribution in [0.1, 0.15) is 0 Å². The highest BCUT2D eigenvalue weighted by Crippen LogP contribution is 2.47. The van der Waals surface area contributed by atoms with Crippen molar-refractivity contribution in [3.05, 3.63) is 176 Å². The summed E-state index contributed by atoms with van der Waals surface area (Å²) in [5.41, 5.74) is 10.7. The maximum Gasteiger partial charge on any atom is 0.135 e. The summed E-state index contributed by atoms with van der Waals surface area (Å²) in [5, 5.41) is 10.0. The van der Waals surface area contributed by atoms with Crippen LogP contribution in [0.5, 0.6) is 11.5 Å². The molecule has 0 N–H and O–H groups in total. The molecular weight excluding hydrogens is 607 g/mol. The molecule has 0 fully saturated rings. The van der Waals surface area contributed by atoms with E-state index in [9.17, 15) is 0 Å². The van der Waals surface area contributed by atoms with Gasteiger partial charge in [-0.2, -0.15) is 0 Å². The topological polar surface area (TPSA) is 14.2 Å². The summed E-state index contributed by atoms with van der Waals surface area (Å²) >= 11 is 0. The van der Waals surface area contributed by atoms with Crippen LogP contribution < -0.4 is 4.74 Å². The predicted molar refractivity (Wildman–Crippen MR) is 210 cm³/mol. The minimum Gasteiger partial charge on any atom is -0.456 e. The van der Waals surface area contributed by atoms with Gasteiger partial charge in [0.25, 0.3) is 0 Å². The third kappa shape index (κ3) is 3.96. The van der Waals surface area contributed by atoms with Gasteiger partial charge < -0.3 is 9.30 Å². The summed E-state index contributed by atoms with van der Waals surface area (Å²) < 4.78 is 8.82. The van der Waals surface area contributed by atoms with Crippen molar-refractivity contribution in [2.75, 3.05) is 0 Å². The highest BCUT2D eigenvalue weighted by Gasteiger charge is 2.21. The van der Waals surface area contributed by atoms with Gasteiger partial charge in [-0.1, -0.05) is 133 Å². The second kappa shape index (κ2) is 10.4. The van der Waals surface area contributed by atoms with E-state index in [-0.39, 0.29) is 0 Å². The summed E-state index contributed by atoms with van der Waals surface area (Å²) in [7, 11) is 0. The van der Waals surface area contributed by atoms with Crippen LogP contribution in [0.25, 0.3) is 93.2 Å². The average Bonchev–Trinajstić information content (AvgIpc) is 3.54. The number of fused-ring (bicyclic) bond motifs is 9. The molecule has 11 rings (SSSR count). The van der Waals surface area contributed by atoms with E-state index in [0.717, 1.165) is 22.7 Å². The summed E-state index contributed by atoms with van der Waals surface area (Å²) in [5.74, 6) is 1.82. The van der Waals surface area contributed by atoms with Crippen molar-refractivity contribution in [2.24, 2.45) is 0 Å². The van der Waals surface area contributed by atoms with E-state index in [0.29, 0.717) is 0 Å². The molecule has 10 aromatic rings. The van der Waals surface area contributed by atoms with Gasteiger partial charge in [0.1, 0.15) is 11.5 Å². The molecule has 9 aromatic carbocycles. The van der Waals surface area contributed by atoms with E-state index in [2.05, 4.69) is 180 Å². The number of ether oxygens (including phenoxy) is 1. The molecule has 0 saturated heterocycles. The Morgan fingerprint density at radius 1 is 0.360 bits per heavy atom. The second-order valence-corrected chi connectivity index (χ2v) is 13.3. The van der Waals surface area contributed by atoms with Crippen molar-refractivity contribution in [2.45, 2.75) is 0 Å². The second-order valence-electron chi connectivity index (χ2n) is 13.3. The van der Waals surface area contributed by atoms with Gasteiger partial charge in [-0.15, -0.1) is 0 Å². The quantitative estimate of drug-likeness (QED) is 0.188. The van der Waals surface area contributed by atoms with Gasteiger partial charge in [0, 0.05) is 32.8 Å². The van der Waals surface area contributed by atoms with Crippen molar-refractivity contribution in [1.29, 1.82) is 0 Å². The molecule has 2 nitrogen and oxygen atoms in total. The number of hydrogen-bond donors (Lipinski definition) is 0. The Hall–Kier alpha value is -6.64. The molecule has 0 saturated carbocycles. The third-order valence-corrected chi connectivity index (χ3v) is 10.6. The first-order valence-electron chi connectivity index (χ1n) is 17.2. The summed E-state index contributed by atoms with van der Waals surface area (Å²) in [6.07, 6.45) is 0. The standard InChI is InChI=1S/C48H29NO/c1-3-14-38-31(8-1)21-26-43-47(38)41-25-20-32-9-2-4-15-39(32)48(41)49(43)37-23-18-30(19-24-37)34-12-5-13-35(28-34)36-22-27-44-42(29-36)40-16-6-10-33-11-7-17-45(50-44)46(33)40/h1-29H. The first kappa shape index (κ1) is 27.3. The van der Waals surface area contributed by atoms with Crippen LogP contribution in [-0.4, -0.2) is 4.57 Å². The molecule has 0 atom stereocenters. The third-order valence-electron chi connectivity index (χ3n) is 10.6. The molecular formula is C48H29NO. The molecule has 0 spiro atoms. The Bertz CT molecular complexity index is 3000. The van der Waals surface area contributed by atoms with Crippen LogP contribution in [-0.2, 0) is 0 Å². The fraction of sp³-hybridized carbons (Fsp3) is 0. The normalized spacial score (nSPS) is 12.2. The molecule has 1 aliphatic rings. The lowest BCUT2D eigenvalue weighted by atomic mass is 9.91. The maximum atomic E-state index is 6.37. The molecule has 232 valence electrons. The van der Waals surface area contributed by atoms with Gasteiger partial charge in [0.2, 0.25) is 0 Å². The first-order valence-corrected chi connectivity index (χ1v) is 17.2. The number of aromatic nitrogens is 1. The smallest absolute Gasteiger partial charge is 0.135 e. The fourth-order valence-electron chi connectivity index (χ4n) is 8.24. The molecule has 1 aliphatic heterocycles. The van der Waals surface area contributed by atoms with Crippen LogP contribution in [0, 0.1) is 0 Å². The first-order chi connectivity index (χ1) is 24.8. The Labute approximate surface area is 289 Å². The lowest BCUT2D eigenvalue weighted by molar-refractivity contribution is 0.487. The zero-order valence-corrected chi connectivity index (χ0v) is 27.1. The Morgan fingerprint density at radius 2 is 1.02 bits per heavy atom. The van der Waals surface area contributed by atoms with Crippen molar-refractivity contribution in [3.63, 3.8) is 0 Å². The zero-order valence-electron chi connectivity index (χ0n) is 27.1. The van der Waals surface area contributed by atoms with E-state index in [1.54, 1.807) is 0 Å². The number of hydrogen-bond acceptors (Lipinski definition) is 1. The van der Waals surface area contributed by atoms with Crippen molar-refractivity contribution in [1.82, 2.24) is 4.57 Å². The van der Waals surface area contributed by atoms with E-state index in [1.165, 1.54) is 81.9 Å². The van der Waals surface area contributed by atoms with Crippen LogP contribution in [0.4, 0.5) is 0 Å². The molecule has 2 heterocycles. The van der Waals surface area contributed by atoms with Gasteiger partial charge in [0.05, 0.1) is 11.0 Å².